The van der Waals surface area contributed by atoms with Crippen molar-refractivity contribution in [2.75, 3.05) is 0 Å². The number of hydrogen-bond donors (Lipinski definition) is 0. The topological polar surface area (TPSA) is 25.8 Å². The Balaban J connectivity index is 0.925. The van der Waals surface area contributed by atoms with Gasteiger partial charge in [0.1, 0.15) is 0 Å². The summed E-state index contributed by atoms with van der Waals surface area (Å²) in [7, 11) is 0. The first-order chi connectivity index (χ1) is 27.0. The van der Waals surface area contributed by atoms with E-state index in [2.05, 4.69) is 184 Å². The van der Waals surface area contributed by atoms with Crippen LogP contribution >= 0.6 is 11.3 Å². The van der Waals surface area contributed by atoms with Crippen LogP contribution < -0.4 is 0 Å². The third-order valence-electron chi connectivity index (χ3n) is 11.8. The standard InChI is InChI=1S/C52H36N2S/c1-52(2)44-15-5-3-11-40(44)41-28-25-38(31-45(41)52)32-17-20-35(21-18-32)47-30-27-37-24-23-36-26-29-46(53-49(36)50(37)54-47)34-10-7-9-33(19-22-34)39-13-8-14-43-42-12-4-6-16-48(42)55-51(39)43/h3-9,11-31H,10H2,1-2H3. The van der Waals surface area contributed by atoms with E-state index in [-0.39, 0.29) is 5.41 Å². The number of hydrogen-bond acceptors (Lipinski definition) is 3. The lowest BCUT2D eigenvalue weighted by atomic mass is 9.81. The van der Waals surface area contributed by atoms with Crippen molar-refractivity contribution in [3.05, 3.63) is 192 Å². The molecular formula is C52H36N2S. The second kappa shape index (κ2) is 12.3. The molecule has 3 aromatic heterocycles. The van der Waals surface area contributed by atoms with Crippen molar-refractivity contribution in [2.45, 2.75) is 25.7 Å². The van der Waals surface area contributed by atoms with Crippen LogP contribution in [0.15, 0.2) is 170 Å². The highest BCUT2D eigenvalue weighted by Gasteiger charge is 2.35. The third-order valence-corrected chi connectivity index (χ3v) is 13.0. The molecule has 2 nitrogen and oxygen atoms in total. The molecule has 2 aliphatic rings. The van der Waals surface area contributed by atoms with E-state index in [1.165, 1.54) is 70.3 Å². The molecule has 0 fully saturated rings. The lowest BCUT2D eigenvalue weighted by Gasteiger charge is -2.22. The number of pyridine rings is 2. The molecule has 0 spiro atoms. The van der Waals surface area contributed by atoms with Gasteiger partial charge in [-0.2, -0.15) is 0 Å². The van der Waals surface area contributed by atoms with E-state index in [1.807, 2.05) is 11.3 Å². The molecule has 0 N–H and O–H groups in total. The smallest absolute Gasteiger partial charge is 0.0972 e. The average Bonchev–Trinajstić information content (AvgIpc) is 3.59. The minimum atomic E-state index is -0.0220. The van der Waals surface area contributed by atoms with Gasteiger partial charge in [0.2, 0.25) is 0 Å². The highest BCUT2D eigenvalue weighted by Crippen LogP contribution is 2.49. The van der Waals surface area contributed by atoms with Crippen molar-refractivity contribution in [2.24, 2.45) is 0 Å². The first-order valence-corrected chi connectivity index (χ1v) is 19.9. The summed E-state index contributed by atoms with van der Waals surface area (Å²) < 4.78 is 2.66. The van der Waals surface area contributed by atoms with Crippen LogP contribution in [0.5, 0.6) is 0 Å². The molecule has 55 heavy (non-hydrogen) atoms. The Morgan fingerprint density at radius 3 is 2.04 bits per heavy atom. The van der Waals surface area contributed by atoms with Crippen molar-refractivity contribution in [3.8, 4) is 33.5 Å². The van der Waals surface area contributed by atoms with Crippen LogP contribution in [-0.2, 0) is 5.41 Å². The second-order valence-corrected chi connectivity index (χ2v) is 16.4. The Morgan fingerprint density at radius 1 is 0.527 bits per heavy atom. The average molecular weight is 721 g/mol. The summed E-state index contributed by atoms with van der Waals surface area (Å²) in [6.45, 7) is 4.67. The molecule has 260 valence electrons. The Hall–Kier alpha value is -6.42. The summed E-state index contributed by atoms with van der Waals surface area (Å²) in [6.07, 6.45) is 9.86. The fourth-order valence-electron chi connectivity index (χ4n) is 8.80. The number of nitrogens with zero attached hydrogens (tertiary/aromatic N) is 2. The maximum Gasteiger partial charge on any atom is 0.0972 e. The normalized spacial score (nSPS) is 14.6. The lowest BCUT2D eigenvalue weighted by Crippen LogP contribution is -2.14. The van der Waals surface area contributed by atoms with E-state index >= 15 is 0 Å². The van der Waals surface area contributed by atoms with E-state index in [0.717, 1.165) is 45.2 Å². The zero-order valence-corrected chi connectivity index (χ0v) is 31.5. The molecule has 0 saturated heterocycles. The largest absolute Gasteiger partial charge is 0.246 e. The molecular weight excluding hydrogens is 685 g/mol. The quantitative estimate of drug-likeness (QED) is 0.169. The van der Waals surface area contributed by atoms with E-state index in [4.69, 9.17) is 9.97 Å². The molecule has 3 heteroatoms. The molecule has 6 aromatic carbocycles. The number of aromatic nitrogens is 2. The van der Waals surface area contributed by atoms with Gasteiger partial charge in [0.05, 0.1) is 22.4 Å². The predicted octanol–water partition coefficient (Wildman–Crippen LogP) is 14.2. The Kier molecular flexibility index (Phi) is 7.17. The van der Waals surface area contributed by atoms with Gasteiger partial charge >= 0.3 is 0 Å². The van der Waals surface area contributed by atoms with Crippen molar-refractivity contribution in [3.63, 3.8) is 0 Å². The van der Waals surface area contributed by atoms with Gasteiger partial charge in [0.15, 0.2) is 0 Å². The number of benzene rings is 6. The van der Waals surface area contributed by atoms with Crippen LogP contribution in [0.25, 0.3) is 86.6 Å². The summed E-state index contributed by atoms with van der Waals surface area (Å²) in [5.41, 5.74) is 16.5. The summed E-state index contributed by atoms with van der Waals surface area (Å²) in [5, 5.41) is 4.83. The van der Waals surface area contributed by atoms with Crippen LogP contribution in [-0.4, -0.2) is 9.97 Å². The summed E-state index contributed by atoms with van der Waals surface area (Å²) >= 11 is 1.87. The summed E-state index contributed by atoms with van der Waals surface area (Å²) in [6, 6.07) is 53.0. The van der Waals surface area contributed by atoms with Crippen molar-refractivity contribution >= 4 is 64.5 Å². The highest BCUT2D eigenvalue weighted by molar-refractivity contribution is 7.26. The maximum absolute atomic E-state index is 5.30. The Morgan fingerprint density at radius 2 is 1.18 bits per heavy atom. The van der Waals surface area contributed by atoms with Gasteiger partial charge in [-0.3, -0.25) is 0 Å². The Labute approximate surface area is 324 Å². The molecule has 3 heterocycles. The molecule has 0 saturated carbocycles. The fourth-order valence-corrected chi connectivity index (χ4v) is 10.0. The van der Waals surface area contributed by atoms with Crippen LogP contribution in [0.1, 0.15) is 42.7 Å². The molecule has 0 bridgehead atoms. The van der Waals surface area contributed by atoms with Gasteiger partial charge in [-0.05, 0) is 80.8 Å². The van der Waals surface area contributed by atoms with Crippen LogP contribution in [0.2, 0.25) is 0 Å². The minimum Gasteiger partial charge on any atom is -0.246 e. The molecule has 0 atom stereocenters. The van der Waals surface area contributed by atoms with Gasteiger partial charge in [-0.25, -0.2) is 9.97 Å². The summed E-state index contributed by atoms with van der Waals surface area (Å²) in [4.78, 5) is 10.6. The zero-order chi connectivity index (χ0) is 36.7. The van der Waals surface area contributed by atoms with Crippen LogP contribution in [0.3, 0.4) is 0 Å². The monoisotopic (exact) mass is 720 g/mol. The van der Waals surface area contributed by atoms with Gasteiger partial charge in [-0.1, -0.05) is 159 Å². The molecule has 0 amide bonds. The second-order valence-electron chi connectivity index (χ2n) is 15.3. The SMILES string of the molecule is CC1(C)c2ccccc2-c2ccc(-c3ccc(-c4ccc5ccc6ccc(C7=CC=C(c8cccc9c8sc8ccccc89)C=CC7)nc6c5n4)cc3)cc21. The number of fused-ring (bicyclic) bond motifs is 9. The first-order valence-electron chi connectivity index (χ1n) is 19.0. The van der Waals surface area contributed by atoms with Crippen molar-refractivity contribution < 1.29 is 0 Å². The minimum absolute atomic E-state index is 0.0220. The molecule has 0 aliphatic heterocycles. The van der Waals surface area contributed by atoms with E-state index in [0.29, 0.717) is 0 Å². The number of rotatable bonds is 4. The van der Waals surface area contributed by atoms with E-state index < -0.39 is 0 Å². The first kappa shape index (κ1) is 32.0. The van der Waals surface area contributed by atoms with Crippen LogP contribution in [0.4, 0.5) is 0 Å². The molecule has 9 aromatic rings. The Bertz CT molecular complexity index is 3140. The van der Waals surface area contributed by atoms with Crippen LogP contribution in [0, 0.1) is 0 Å². The number of thiophene rings is 1. The molecule has 0 radical (unpaired) electrons. The number of allylic oxidation sites excluding steroid dienone is 6. The summed E-state index contributed by atoms with van der Waals surface area (Å²) in [5.74, 6) is 0. The lowest BCUT2D eigenvalue weighted by molar-refractivity contribution is 0.660. The highest BCUT2D eigenvalue weighted by atomic mass is 32.1. The van der Waals surface area contributed by atoms with Gasteiger partial charge in [-0.15, -0.1) is 11.3 Å². The fraction of sp³-hybridized carbons (Fsp3) is 0.0769. The van der Waals surface area contributed by atoms with Gasteiger partial charge in [0, 0.05) is 41.9 Å². The zero-order valence-electron chi connectivity index (χ0n) is 30.7. The van der Waals surface area contributed by atoms with E-state index in [9.17, 15) is 0 Å². The van der Waals surface area contributed by atoms with Crippen molar-refractivity contribution in [1.82, 2.24) is 9.97 Å². The van der Waals surface area contributed by atoms with Gasteiger partial charge < -0.3 is 0 Å². The predicted molar refractivity (Wildman–Crippen MR) is 235 cm³/mol. The maximum atomic E-state index is 5.30. The van der Waals surface area contributed by atoms with Crippen molar-refractivity contribution in [1.29, 1.82) is 0 Å². The molecule has 0 unspecified atom stereocenters. The van der Waals surface area contributed by atoms with Gasteiger partial charge in [0.25, 0.3) is 0 Å². The molecule has 11 rings (SSSR count). The third kappa shape index (κ3) is 5.15. The molecule has 2 aliphatic carbocycles. The van der Waals surface area contributed by atoms with E-state index in [1.54, 1.807) is 0 Å².